The highest BCUT2D eigenvalue weighted by Gasteiger charge is 2.14. The Bertz CT molecular complexity index is 344. The number of para-hydroxylation sites is 1. The summed E-state index contributed by atoms with van der Waals surface area (Å²) in [6.07, 6.45) is -0.458. The zero-order valence-electron chi connectivity index (χ0n) is 7.93. The first-order valence-electron chi connectivity index (χ1n) is 4.15. The number of rotatable bonds is 4. The second-order valence-electron chi connectivity index (χ2n) is 2.84. The minimum Gasteiger partial charge on any atom is -0.496 e. The number of carbonyl (C=O) groups excluding carboxylic acids is 1. The molecule has 0 aromatic heterocycles. The van der Waals surface area contributed by atoms with Gasteiger partial charge in [0, 0.05) is 11.1 Å². The molecule has 3 heteroatoms. The molecule has 0 aliphatic carbocycles. The molecule has 1 atom stereocenters. The van der Waals surface area contributed by atoms with Gasteiger partial charge in [-0.15, -0.1) is 0 Å². The largest absolute Gasteiger partial charge is 0.496 e. The monoisotopic (exact) mass is 192 g/mol. The van der Waals surface area contributed by atoms with Crippen LogP contribution in [0.2, 0.25) is 0 Å². The Kier molecular flexibility index (Phi) is 3.42. The molecule has 74 valence electrons. The summed E-state index contributed by atoms with van der Waals surface area (Å²) in [5, 5.41) is 9.69. The minimum absolute atomic E-state index is 0.120. The van der Waals surface area contributed by atoms with E-state index in [2.05, 4.69) is 6.58 Å². The molecule has 1 N–H and O–H groups in total. The highest BCUT2D eigenvalue weighted by Crippen LogP contribution is 2.27. The van der Waals surface area contributed by atoms with Gasteiger partial charge in [-0.25, -0.2) is 0 Å². The topological polar surface area (TPSA) is 46.5 Å². The molecule has 0 saturated carbocycles. The summed E-state index contributed by atoms with van der Waals surface area (Å²) in [6.45, 7) is 3.45. The standard InChI is InChI=1S/C11H12O3/c1-8(7-12)11(13)9-5-3-4-6-10(9)14-2/h3-7,11,13H,1H2,2H3. The number of hydrogen-bond acceptors (Lipinski definition) is 3. The van der Waals surface area contributed by atoms with E-state index in [1.54, 1.807) is 24.3 Å². The van der Waals surface area contributed by atoms with Gasteiger partial charge in [-0.05, 0) is 6.07 Å². The van der Waals surface area contributed by atoms with Gasteiger partial charge in [0.2, 0.25) is 0 Å². The molecule has 0 fully saturated rings. The molecule has 0 heterocycles. The zero-order chi connectivity index (χ0) is 10.6. The van der Waals surface area contributed by atoms with Gasteiger partial charge in [0.25, 0.3) is 0 Å². The Morgan fingerprint density at radius 2 is 2.21 bits per heavy atom. The summed E-state index contributed by atoms with van der Waals surface area (Å²) in [5.74, 6) is 0.544. The zero-order valence-corrected chi connectivity index (χ0v) is 7.93. The fourth-order valence-electron chi connectivity index (χ4n) is 1.16. The lowest BCUT2D eigenvalue weighted by Gasteiger charge is -2.13. The van der Waals surface area contributed by atoms with Crippen LogP contribution in [-0.4, -0.2) is 18.5 Å². The number of methoxy groups -OCH3 is 1. The summed E-state index contributed by atoms with van der Waals surface area (Å²) < 4.78 is 5.04. The third kappa shape index (κ3) is 2.00. The Morgan fingerprint density at radius 3 is 2.79 bits per heavy atom. The molecule has 14 heavy (non-hydrogen) atoms. The Balaban J connectivity index is 3.05. The molecule has 1 aromatic rings. The van der Waals surface area contributed by atoms with Crippen LogP contribution >= 0.6 is 0 Å². The third-order valence-corrected chi connectivity index (χ3v) is 1.94. The first-order valence-corrected chi connectivity index (χ1v) is 4.15. The number of aliphatic hydroxyl groups is 1. The van der Waals surface area contributed by atoms with Crippen LogP contribution in [0.15, 0.2) is 36.4 Å². The van der Waals surface area contributed by atoms with Crippen molar-refractivity contribution in [3.05, 3.63) is 42.0 Å². The molecule has 3 nitrogen and oxygen atoms in total. The Labute approximate surface area is 82.6 Å². The van der Waals surface area contributed by atoms with E-state index in [4.69, 9.17) is 4.74 Å². The lowest BCUT2D eigenvalue weighted by Crippen LogP contribution is -2.03. The molecule has 0 aliphatic heterocycles. The third-order valence-electron chi connectivity index (χ3n) is 1.94. The fraction of sp³-hybridized carbons (Fsp3) is 0.182. The maximum Gasteiger partial charge on any atom is 0.148 e. The van der Waals surface area contributed by atoms with Crippen molar-refractivity contribution in [3.8, 4) is 5.75 Å². The van der Waals surface area contributed by atoms with Crippen molar-refractivity contribution in [2.24, 2.45) is 0 Å². The van der Waals surface area contributed by atoms with E-state index in [0.717, 1.165) is 0 Å². The molecule has 0 saturated heterocycles. The van der Waals surface area contributed by atoms with Crippen LogP contribution in [0, 0.1) is 0 Å². The molecule has 1 unspecified atom stereocenters. The van der Waals surface area contributed by atoms with Gasteiger partial charge in [0.1, 0.15) is 18.1 Å². The van der Waals surface area contributed by atoms with Gasteiger partial charge in [0.15, 0.2) is 0 Å². The number of benzene rings is 1. The molecule has 0 radical (unpaired) electrons. The van der Waals surface area contributed by atoms with Crippen LogP contribution in [0.5, 0.6) is 5.75 Å². The van der Waals surface area contributed by atoms with E-state index in [9.17, 15) is 9.90 Å². The highest BCUT2D eigenvalue weighted by atomic mass is 16.5. The number of ether oxygens (including phenoxy) is 1. The molecule has 0 spiro atoms. The van der Waals surface area contributed by atoms with Gasteiger partial charge in [-0.2, -0.15) is 0 Å². The second kappa shape index (κ2) is 4.58. The predicted molar refractivity (Wildman–Crippen MR) is 53.2 cm³/mol. The van der Waals surface area contributed by atoms with Crippen LogP contribution in [0.4, 0.5) is 0 Å². The van der Waals surface area contributed by atoms with Crippen molar-refractivity contribution in [1.29, 1.82) is 0 Å². The number of hydrogen-bond donors (Lipinski definition) is 1. The van der Waals surface area contributed by atoms with Gasteiger partial charge in [-0.3, -0.25) is 4.79 Å². The maximum atomic E-state index is 10.4. The van der Waals surface area contributed by atoms with Crippen molar-refractivity contribution in [3.63, 3.8) is 0 Å². The Morgan fingerprint density at radius 1 is 1.57 bits per heavy atom. The quantitative estimate of drug-likeness (QED) is 0.580. The van der Waals surface area contributed by atoms with Crippen LogP contribution in [0.1, 0.15) is 11.7 Å². The average Bonchev–Trinajstić information content (AvgIpc) is 2.26. The van der Waals surface area contributed by atoms with Gasteiger partial charge >= 0.3 is 0 Å². The summed E-state index contributed by atoms with van der Waals surface area (Å²) in [5.41, 5.74) is 0.668. The number of aldehydes is 1. The van der Waals surface area contributed by atoms with E-state index in [1.807, 2.05) is 0 Å². The second-order valence-corrected chi connectivity index (χ2v) is 2.84. The fourth-order valence-corrected chi connectivity index (χ4v) is 1.16. The van der Waals surface area contributed by atoms with Crippen molar-refractivity contribution in [2.75, 3.05) is 7.11 Å². The molecular weight excluding hydrogens is 180 g/mol. The van der Waals surface area contributed by atoms with E-state index < -0.39 is 6.10 Å². The summed E-state index contributed by atoms with van der Waals surface area (Å²) in [7, 11) is 1.51. The van der Waals surface area contributed by atoms with E-state index in [-0.39, 0.29) is 5.57 Å². The highest BCUT2D eigenvalue weighted by molar-refractivity contribution is 5.74. The maximum absolute atomic E-state index is 10.4. The van der Waals surface area contributed by atoms with Crippen molar-refractivity contribution < 1.29 is 14.6 Å². The van der Waals surface area contributed by atoms with Crippen LogP contribution in [0.3, 0.4) is 0 Å². The average molecular weight is 192 g/mol. The smallest absolute Gasteiger partial charge is 0.148 e. The lowest BCUT2D eigenvalue weighted by atomic mass is 10.0. The van der Waals surface area contributed by atoms with Crippen LogP contribution < -0.4 is 4.74 Å². The van der Waals surface area contributed by atoms with Gasteiger partial charge < -0.3 is 9.84 Å². The lowest BCUT2D eigenvalue weighted by molar-refractivity contribution is -0.105. The molecule has 0 amide bonds. The molecule has 0 bridgehead atoms. The Hall–Kier alpha value is -1.61. The van der Waals surface area contributed by atoms with Crippen molar-refractivity contribution >= 4 is 6.29 Å². The normalized spacial score (nSPS) is 11.9. The number of aliphatic hydroxyl groups excluding tert-OH is 1. The summed E-state index contributed by atoms with van der Waals surface area (Å²) >= 11 is 0. The molecular formula is C11H12O3. The number of carbonyl (C=O) groups is 1. The summed E-state index contributed by atoms with van der Waals surface area (Å²) in [6, 6.07) is 6.96. The van der Waals surface area contributed by atoms with Gasteiger partial charge in [-0.1, -0.05) is 24.8 Å². The van der Waals surface area contributed by atoms with E-state index in [1.165, 1.54) is 7.11 Å². The van der Waals surface area contributed by atoms with Crippen LogP contribution in [0.25, 0.3) is 0 Å². The summed E-state index contributed by atoms with van der Waals surface area (Å²) in [4.78, 5) is 10.4. The van der Waals surface area contributed by atoms with E-state index >= 15 is 0 Å². The first kappa shape index (κ1) is 10.5. The first-order chi connectivity index (χ1) is 6.70. The molecule has 1 aromatic carbocycles. The van der Waals surface area contributed by atoms with Crippen molar-refractivity contribution in [2.45, 2.75) is 6.10 Å². The van der Waals surface area contributed by atoms with Crippen LogP contribution in [-0.2, 0) is 4.79 Å². The molecule has 0 aliphatic rings. The van der Waals surface area contributed by atoms with E-state index in [0.29, 0.717) is 17.6 Å². The minimum atomic E-state index is -0.997. The SMILES string of the molecule is C=C(C=O)C(O)c1ccccc1OC. The molecule has 1 rings (SSSR count). The predicted octanol–water partition coefficient (Wildman–Crippen LogP) is 1.48. The van der Waals surface area contributed by atoms with Crippen molar-refractivity contribution in [1.82, 2.24) is 0 Å². The van der Waals surface area contributed by atoms with Gasteiger partial charge in [0.05, 0.1) is 7.11 Å².